The normalized spacial score (nSPS) is 12.3. The molecule has 6 nitrogen and oxygen atoms in total. The van der Waals surface area contributed by atoms with E-state index in [9.17, 15) is 13.2 Å². The second-order valence-corrected chi connectivity index (χ2v) is 8.50. The van der Waals surface area contributed by atoms with Crippen molar-refractivity contribution in [2.24, 2.45) is 0 Å². The van der Waals surface area contributed by atoms with Crippen molar-refractivity contribution in [3.05, 3.63) is 54.1 Å². The molecule has 0 radical (unpaired) electrons. The Hall–Kier alpha value is -2.54. The zero-order chi connectivity index (χ0) is 20.7. The molecule has 0 unspecified atom stereocenters. The van der Waals surface area contributed by atoms with E-state index in [0.717, 1.165) is 12.0 Å². The van der Waals surface area contributed by atoms with Gasteiger partial charge in [-0.1, -0.05) is 24.6 Å². The van der Waals surface area contributed by atoms with Crippen LogP contribution in [0.25, 0.3) is 0 Å². The van der Waals surface area contributed by atoms with Crippen LogP contribution in [0.2, 0.25) is 0 Å². The van der Waals surface area contributed by atoms with Crippen LogP contribution >= 0.6 is 0 Å². The quantitative estimate of drug-likeness (QED) is 0.694. The molecule has 0 spiro atoms. The van der Waals surface area contributed by atoms with E-state index in [4.69, 9.17) is 4.74 Å². The summed E-state index contributed by atoms with van der Waals surface area (Å²) in [5, 5.41) is 2.83. The topological polar surface area (TPSA) is 75.7 Å². The summed E-state index contributed by atoms with van der Waals surface area (Å²) in [5.74, 6) is 0.322. The van der Waals surface area contributed by atoms with Gasteiger partial charge in [-0.3, -0.25) is 9.10 Å². The molecule has 0 aliphatic carbocycles. The summed E-state index contributed by atoms with van der Waals surface area (Å²) in [6.07, 6.45) is 0.850. The third kappa shape index (κ3) is 5.48. The van der Waals surface area contributed by atoms with Crippen LogP contribution in [0.1, 0.15) is 32.8 Å². The highest BCUT2D eigenvalue weighted by molar-refractivity contribution is 7.92. The molecule has 0 saturated heterocycles. The molecule has 1 N–H and O–H groups in total. The fourth-order valence-corrected chi connectivity index (χ4v) is 4.08. The van der Waals surface area contributed by atoms with Gasteiger partial charge >= 0.3 is 0 Å². The van der Waals surface area contributed by atoms with Crippen LogP contribution in [0.15, 0.2) is 53.4 Å². The minimum Gasteiger partial charge on any atom is -0.484 e. The van der Waals surface area contributed by atoms with Gasteiger partial charge < -0.3 is 10.1 Å². The number of nitrogens with one attached hydrogen (secondary N) is 1. The monoisotopic (exact) mass is 404 g/mol. The molecule has 0 heterocycles. The number of amides is 1. The molecular weight excluding hydrogens is 376 g/mol. The van der Waals surface area contributed by atoms with Crippen molar-refractivity contribution in [3.8, 4) is 5.75 Å². The smallest absolute Gasteiger partial charge is 0.264 e. The maximum absolute atomic E-state index is 12.9. The van der Waals surface area contributed by atoms with Crippen molar-refractivity contribution in [3.63, 3.8) is 0 Å². The summed E-state index contributed by atoms with van der Waals surface area (Å²) < 4.78 is 32.7. The van der Waals surface area contributed by atoms with Crippen LogP contribution in [-0.4, -0.2) is 33.5 Å². The van der Waals surface area contributed by atoms with E-state index in [0.29, 0.717) is 18.0 Å². The van der Waals surface area contributed by atoms with Gasteiger partial charge in [0.05, 0.1) is 10.6 Å². The van der Waals surface area contributed by atoms with Gasteiger partial charge in [0, 0.05) is 12.6 Å². The minimum atomic E-state index is -3.65. The van der Waals surface area contributed by atoms with Crippen molar-refractivity contribution in [1.82, 2.24) is 5.32 Å². The van der Waals surface area contributed by atoms with Gasteiger partial charge in [0.25, 0.3) is 15.9 Å². The first-order valence-corrected chi connectivity index (χ1v) is 10.8. The van der Waals surface area contributed by atoms with Gasteiger partial charge in [-0.15, -0.1) is 0 Å². The highest BCUT2D eigenvalue weighted by Gasteiger charge is 2.23. The molecule has 0 fully saturated rings. The van der Waals surface area contributed by atoms with Gasteiger partial charge in [0.1, 0.15) is 5.75 Å². The maximum atomic E-state index is 12.9. The van der Waals surface area contributed by atoms with Gasteiger partial charge in [-0.05, 0) is 63.6 Å². The second-order valence-electron chi connectivity index (χ2n) is 6.64. The molecule has 0 saturated carbocycles. The first-order valence-electron chi connectivity index (χ1n) is 9.39. The highest BCUT2D eigenvalue weighted by Crippen LogP contribution is 2.25. The maximum Gasteiger partial charge on any atom is 0.264 e. The Bertz CT molecular complexity index is 878. The molecule has 28 heavy (non-hydrogen) atoms. The lowest BCUT2D eigenvalue weighted by Gasteiger charge is -2.23. The molecule has 0 aromatic heterocycles. The Kier molecular flexibility index (Phi) is 7.45. The van der Waals surface area contributed by atoms with Crippen molar-refractivity contribution in [1.29, 1.82) is 0 Å². The number of carbonyl (C=O) groups excluding carboxylic acids is 1. The average molecular weight is 405 g/mol. The lowest BCUT2D eigenvalue weighted by Crippen LogP contribution is -2.35. The highest BCUT2D eigenvalue weighted by atomic mass is 32.2. The summed E-state index contributed by atoms with van der Waals surface area (Å²) in [6.45, 7) is 7.84. The lowest BCUT2D eigenvalue weighted by atomic mass is 10.2. The number of carbonyl (C=O) groups is 1. The summed E-state index contributed by atoms with van der Waals surface area (Å²) in [6, 6.07) is 13.6. The van der Waals surface area contributed by atoms with Gasteiger partial charge in [0.15, 0.2) is 6.61 Å². The predicted octanol–water partition coefficient (Wildman–Crippen LogP) is 3.50. The Labute approximate surface area is 167 Å². The molecule has 0 aliphatic heterocycles. The van der Waals surface area contributed by atoms with Crippen molar-refractivity contribution in [2.45, 2.75) is 45.1 Å². The number of sulfonamides is 1. The molecule has 1 amide bonds. The first kappa shape index (κ1) is 21.8. The molecular formula is C21H28N2O4S. The molecule has 2 aromatic carbocycles. The molecule has 1 atom stereocenters. The Morgan fingerprint density at radius 1 is 1.07 bits per heavy atom. The van der Waals surface area contributed by atoms with Crippen LogP contribution in [0.5, 0.6) is 5.75 Å². The van der Waals surface area contributed by atoms with E-state index >= 15 is 0 Å². The number of hydrogen-bond acceptors (Lipinski definition) is 4. The molecule has 2 aromatic rings. The van der Waals surface area contributed by atoms with Crippen LogP contribution in [0, 0.1) is 6.92 Å². The lowest BCUT2D eigenvalue weighted by molar-refractivity contribution is -0.123. The Morgan fingerprint density at radius 2 is 1.68 bits per heavy atom. The molecule has 0 bridgehead atoms. The number of ether oxygens (including phenoxy) is 1. The van der Waals surface area contributed by atoms with E-state index in [1.807, 2.05) is 20.8 Å². The van der Waals surface area contributed by atoms with E-state index in [-0.39, 0.29) is 23.5 Å². The molecule has 2 rings (SSSR count). The standard InChI is InChI=1S/C21H28N2O4S/c1-5-17(4)22-21(24)15-27-19-11-9-18(10-12-19)23(6-2)28(25,26)20-13-7-16(3)8-14-20/h7-14,17H,5-6,15H2,1-4H3,(H,22,24)/t17-/m0/s1. The molecule has 152 valence electrons. The molecule has 0 aliphatic rings. The third-order valence-corrected chi connectivity index (χ3v) is 6.33. The van der Waals surface area contributed by atoms with Crippen LogP contribution < -0.4 is 14.4 Å². The van der Waals surface area contributed by atoms with E-state index in [1.165, 1.54) is 4.31 Å². The fraction of sp³-hybridized carbons (Fsp3) is 0.381. The number of nitrogens with zero attached hydrogens (tertiary/aromatic N) is 1. The largest absolute Gasteiger partial charge is 0.484 e. The summed E-state index contributed by atoms with van der Waals surface area (Å²) >= 11 is 0. The van der Waals surface area contributed by atoms with Crippen LogP contribution in [0.4, 0.5) is 5.69 Å². The average Bonchev–Trinajstić information content (AvgIpc) is 2.68. The van der Waals surface area contributed by atoms with Crippen molar-refractivity contribution in [2.75, 3.05) is 17.5 Å². The van der Waals surface area contributed by atoms with Gasteiger partial charge in [-0.25, -0.2) is 8.42 Å². The summed E-state index contributed by atoms with van der Waals surface area (Å²) in [5.41, 5.74) is 1.54. The van der Waals surface area contributed by atoms with E-state index in [1.54, 1.807) is 55.5 Å². The third-order valence-electron chi connectivity index (χ3n) is 4.41. The molecule has 7 heteroatoms. The van der Waals surface area contributed by atoms with E-state index < -0.39 is 10.0 Å². The Morgan fingerprint density at radius 3 is 2.21 bits per heavy atom. The number of aryl methyl sites for hydroxylation is 1. The summed E-state index contributed by atoms with van der Waals surface area (Å²) in [4.78, 5) is 12.0. The van der Waals surface area contributed by atoms with E-state index in [2.05, 4.69) is 5.32 Å². The number of hydrogen-bond donors (Lipinski definition) is 1. The van der Waals surface area contributed by atoms with Gasteiger partial charge in [-0.2, -0.15) is 0 Å². The zero-order valence-electron chi connectivity index (χ0n) is 16.8. The zero-order valence-corrected chi connectivity index (χ0v) is 17.6. The minimum absolute atomic E-state index is 0.0805. The van der Waals surface area contributed by atoms with Crippen LogP contribution in [-0.2, 0) is 14.8 Å². The van der Waals surface area contributed by atoms with Crippen molar-refractivity contribution >= 4 is 21.6 Å². The Balaban J connectivity index is 2.10. The fourth-order valence-electron chi connectivity index (χ4n) is 2.60. The SMILES string of the molecule is CC[C@H](C)NC(=O)COc1ccc(N(CC)S(=O)(=O)c2ccc(C)cc2)cc1. The number of anilines is 1. The van der Waals surface area contributed by atoms with Crippen LogP contribution in [0.3, 0.4) is 0 Å². The summed E-state index contributed by atoms with van der Waals surface area (Å²) in [7, 11) is -3.65. The number of rotatable bonds is 9. The van der Waals surface area contributed by atoms with Crippen molar-refractivity contribution < 1.29 is 17.9 Å². The number of benzene rings is 2. The second kappa shape index (κ2) is 9.59. The van der Waals surface area contributed by atoms with Gasteiger partial charge in [0.2, 0.25) is 0 Å². The first-order chi connectivity index (χ1) is 13.3. The predicted molar refractivity (Wildman–Crippen MR) is 111 cm³/mol.